The average Bonchev–Trinajstić information content (AvgIpc) is 2.42. The minimum atomic E-state index is -0.421. The molecule has 0 aliphatic carbocycles. The predicted molar refractivity (Wildman–Crippen MR) is 68.9 cm³/mol. The summed E-state index contributed by atoms with van der Waals surface area (Å²) < 4.78 is 12.7. The number of benzene rings is 2. The second kappa shape index (κ2) is 6.11. The Bertz CT molecular complexity index is 540. The predicted octanol–water partition coefficient (Wildman–Crippen LogP) is 2.79. The van der Waals surface area contributed by atoms with Crippen molar-refractivity contribution in [3.8, 4) is 0 Å². The van der Waals surface area contributed by atoms with Crippen LogP contribution in [-0.4, -0.2) is 16.2 Å². The molecule has 3 nitrogen and oxygen atoms in total. The highest BCUT2D eigenvalue weighted by molar-refractivity contribution is 5.77. The lowest BCUT2D eigenvalue weighted by Crippen LogP contribution is -2.28. The quantitative estimate of drug-likeness (QED) is 0.677. The fraction of sp³-hybridized carbons (Fsp3) is 0.133. The molecule has 0 aromatic heterocycles. The molecule has 2 aromatic rings. The molecule has 0 saturated heterocycles. The van der Waals surface area contributed by atoms with Crippen molar-refractivity contribution in [3.05, 3.63) is 71.5 Å². The summed E-state index contributed by atoms with van der Waals surface area (Å²) in [5, 5.41) is 10.4. The van der Waals surface area contributed by atoms with Gasteiger partial charge in [0.1, 0.15) is 5.82 Å². The van der Waals surface area contributed by atoms with E-state index in [2.05, 4.69) is 0 Å². The van der Waals surface area contributed by atoms with E-state index in [0.29, 0.717) is 10.6 Å². The highest BCUT2D eigenvalue weighted by Crippen LogP contribution is 2.07. The largest absolute Gasteiger partial charge is 0.286 e. The van der Waals surface area contributed by atoms with Gasteiger partial charge in [0.25, 0.3) is 5.91 Å². The topological polar surface area (TPSA) is 40.5 Å². The Morgan fingerprint density at radius 3 is 2.26 bits per heavy atom. The summed E-state index contributed by atoms with van der Waals surface area (Å²) in [4.78, 5) is 11.8. The van der Waals surface area contributed by atoms with Crippen LogP contribution in [0.2, 0.25) is 0 Å². The molecule has 0 saturated carbocycles. The third-order valence-corrected chi connectivity index (χ3v) is 2.73. The van der Waals surface area contributed by atoms with Crippen LogP contribution in [-0.2, 0) is 17.8 Å². The van der Waals surface area contributed by atoms with Crippen LogP contribution in [0.3, 0.4) is 0 Å². The summed E-state index contributed by atoms with van der Waals surface area (Å²) in [7, 11) is 0. The van der Waals surface area contributed by atoms with Crippen molar-refractivity contribution < 1.29 is 14.4 Å². The number of carbonyl (C=O) groups excluding carboxylic acids is 1. The summed E-state index contributed by atoms with van der Waals surface area (Å²) >= 11 is 0. The summed E-state index contributed by atoms with van der Waals surface area (Å²) in [6.45, 7) is 0.140. The van der Waals surface area contributed by atoms with E-state index in [4.69, 9.17) is 0 Å². The smallest absolute Gasteiger partial charge is 0.250 e. The Labute approximate surface area is 110 Å². The number of halogens is 1. The lowest BCUT2D eigenvalue weighted by molar-refractivity contribution is -0.167. The fourth-order valence-corrected chi connectivity index (χ4v) is 1.71. The van der Waals surface area contributed by atoms with Crippen LogP contribution in [0.1, 0.15) is 11.1 Å². The van der Waals surface area contributed by atoms with Gasteiger partial charge in [0.15, 0.2) is 0 Å². The van der Waals surface area contributed by atoms with E-state index in [0.717, 1.165) is 5.56 Å². The van der Waals surface area contributed by atoms with Crippen molar-refractivity contribution >= 4 is 5.91 Å². The van der Waals surface area contributed by atoms with Crippen molar-refractivity contribution in [2.24, 2.45) is 0 Å². The first-order chi connectivity index (χ1) is 9.15. The number of rotatable bonds is 4. The Morgan fingerprint density at radius 1 is 1.00 bits per heavy atom. The second-order valence-corrected chi connectivity index (χ2v) is 4.24. The average molecular weight is 259 g/mol. The molecule has 0 atom stereocenters. The van der Waals surface area contributed by atoms with Crippen LogP contribution >= 0.6 is 0 Å². The Hall–Kier alpha value is -2.20. The molecule has 0 radical (unpaired) electrons. The Kier molecular flexibility index (Phi) is 4.26. The van der Waals surface area contributed by atoms with E-state index in [1.807, 2.05) is 30.3 Å². The maximum absolute atomic E-state index is 12.7. The molecule has 0 aliphatic heterocycles. The molecule has 1 N–H and O–H groups in total. The normalized spacial score (nSPS) is 10.2. The van der Waals surface area contributed by atoms with E-state index in [-0.39, 0.29) is 18.8 Å². The molecule has 0 fully saturated rings. The number of hydrogen-bond acceptors (Lipinski definition) is 2. The van der Waals surface area contributed by atoms with Crippen LogP contribution in [0.5, 0.6) is 0 Å². The second-order valence-electron chi connectivity index (χ2n) is 4.24. The van der Waals surface area contributed by atoms with Crippen LogP contribution in [0.4, 0.5) is 4.39 Å². The van der Waals surface area contributed by atoms with Gasteiger partial charge in [0.05, 0.1) is 13.0 Å². The van der Waals surface area contributed by atoms with E-state index in [1.54, 1.807) is 0 Å². The number of hydroxylamine groups is 2. The minimum Gasteiger partial charge on any atom is -0.286 e. The van der Waals surface area contributed by atoms with Crippen LogP contribution in [0.25, 0.3) is 0 Å². The SMILES string of the molecule is O=C(Cc1ccc(F)cc1)N(O)Cc1ccccc1. The summed E-state index contributed by atoms with van der Waals surface area (Å²) in [6.07, 6.45) is 0.0453. The van der Waals surface area contributed by atoms with Gasteiger partial charge >= 0.3 is 0 Å². The summed E-state index contributed by atoms with van der Waals surface area (Å²) in [5.74, 6) is -0.767. The molecule has 0 spiro atoms. The zero-order chi connectivity index (χ0) is 13.7. The van der Waals surface area contributed by atoms with Crippen molar-refractivity contribution in [2.45, 2.75) is 13.0 Å². The third kappa shape index (κ3) is 3.89. The van der Waals surface area contributed by atoms with Crippen LogP contribution in [0.15, 0.2) is 54.6 Å². The molecule has 4 heteroatoms. The van der Waals surface area contributed by atoms with Gasteiger partial charge in [-0.25, -0.2) is 9.45 Å². The van der Waals surface area contributed by atoms with Crippen molar-refractivity contribution in [3.63, 3.8) is 0 Å². The third-order valence-electron chi connectivity index (χ3n) is 2.73. The van der Waals surface area contributed by atoms with E-state index >= 15 is 0 Å². The van der Waals surface area contributed by atoms with Gasteiger partial charge in [-0.15, -0.1) is 0 Å². The van der Waals surface area contributed by atoms with E-state index in [1.165, 1.54) is 24.3 Å². The first-order valence-electron chi connectivity index (χ1n) is 5.93. The van der Waals surface area contributed by atoms with E-state index < -0.39 is 5.91 Å². The number of carbonyl (C=O) groups is 1. The molecule has 0 aliphatic rings. The molecule has 0 unspecified atom stereocenters. The van der Waals surface area contributed by atoms with Crippen LogP contribution in [0, 0.1) is 5.82 Å². The lowest BCUT2D eigenvalue weighted by Gasteiger charge is -2.15. The molecule has 98 valence electrons. The zero-order valence-corrected chi connectivity index (χ0v) is 10.3. The fourth-order valence-electron chi connectivity index (χ4n) is 1.71. The van der Waals surface area contributed by atoms with Gasteiger partial charge < -0.3 is 0 Å². The number of amides is 1. The zero-order valence-electron chi connectivity index (χ0n) is 10.3. The lowest BCUT2D eigenvalue weighted by atomic mass is 10.1. The van der Waals surface area contributed by atoms with Gasteiger partial charge in [0, 0.05) is 0 Å². The first-order valence-corrected chi connectivity index (χ1v) is 5.93. The molecule has 2 aromatic carbocycles. The maximum atomic E-state index is 12.7. The van der Waals surface area contributed by atoms with E-state index in [9.17, 15) is 14.4 Å². The van der Waals surface area contributed by atoms with Crippen molar-refractivity contribution in [1.29, 1.82) is 0 Å². The van der Waals surface area contributed by atoms with Gasteiger partial charge in [-0.05, 0) is 23.3 Å². The maximum Gasteiger partial charge on any atom is 0.250 e. The molecule has 0 heterocycles. The highest BCUT2D eigenvalue weighted by atomic mass is 19.1. The Morgan fingerprint density at radius 2 is 1.63 bits per heavy atom. The molecule has 19 heavy (non-hydrogen) atoms. The van der Waals surface area contributed by atoms with Crippen molar-refractivity contribution in [2.75, 3.05) is 0 Å². The molecule has 0 bridgehead atoms. The highest BCUT2D eigenvalue weighted by Gasteiger charge is 2.12. The molecule has 2 rings (SSSR count). The van der Waals surface area contributed by atoms with Crippen molar-refractivity contribution in [1.82, 2.24) is 5.06 Å². The Balaban J connectivity index is 1.94. The van der Waals surface area contributed by atoms with Gasteiger partial charge in [-0.2, -0.15) is 0 Å². The molecule has 1 amide bonds. The molecular formula is C15H14FNO2. The summed E-state index contributed by atoms with van der Waals surface area (Å²) in [5.41, 5.74) is 1.51. The van der Waals surface area contributed by atoms with Gasteiger partial charge in [-0.3, -0.25) is 10.0 Å². The minimum absolute atomic E-state index is 0.0453. The monoisotopic (exact) mass is 259 g/mol. The first kappa shape index (κ1) is 13.2. The van der Waals surface area contributed by atoms with Gasteiger partial charge in [-0.1, -0.05) is 42.5 Å². The standard InChI is InChI=1S/C15H14FNO2/c16-14-8-6-12(7-9-14)10-15(18)17(19)11-13-4-2-1-3-5-13/h1-9,19H,10-11H2. The number of nitrogens with zero attached hydrogens (tertiary/aromatic N) is 1. The number of hydrogen-bond donors (Lipinski definition) is 1. The van der Waals surface area contributed by atoms with Crippen LogP contribution < -0.4 is 0 Å². The van der Waals surface area contributed by atoms with Gasteiger partial charge in [0.2, 0.25) is 0 Å². The summed E-state index contributed by atoms with van der Waals surface area (Å²) in [6, 6.07) is 14.9. The molecular weight excluding hydrogens is 245 g/mol.